The molecule has 7 rings (SSSR count). The van der Waals surface area contributed by atoms with Crippen LogP contribution in [0.15, 0.2) is 121 Å². The van der Waals surface area contributed by atoms with E-state index in [9.17, 15) is 0 Å². The van der Waals surface area contributed by atoms with E-state index in [4.69, 9.17) is 9.47 Å². The molecule has 2 aliphatic heterocycles. The molecule has 4 nitrogen and oxygen atoms in total. The predicted octanol–water partition coefficient (Wildman–Crippen LogP) is 6.15. The summed E-state index contributed by atoms with van der Waals surface area (Å²) in [6, 6.07) is 38.7. The Morgan fingerprint density at radius 3 is 1.00 bits per heavy atom. The molecule has 0 aliphatic carbocycles. The maximum atomic E-state index is 16.3. The van der Waals surface area contributed by atoms with Crippen LogP contribution in [0.4, 0.5) is 0 Å². The molecule has 42 heavy (non-hydrogen) atoms. The summed E-state index contributed by atoms with van der Waals surface area (Å²) in [5.74, 6) is 0. The van der Waals surface area contributed by atoms with Gasteiger partial charge >= 0.3 is 0 Å². The van der Waals surface area contributed by atoms with Crippen molar-refractivity contribution in [3.8, 4) is 0 Å². The Hall–Kier alpha value is -3.52. The van der Waals surface area contributed by atoms with Gasteiger partial charge in [0.25, 0.3) is 0 Å². The lowest BCUT2D eigenvalue weighted by molar-refractivity contribution is 0.0738. The fourth-order valence-electron chi connectivity index (χ4n) is 6.66. The molecule has 2 heterocycles. The Morgan fingerprint density at radius 2 is 0.738 bits per heavy atom. The maximum Gasteiger partial charge on any atom is 0.172 e. The van der Waals surface area contributed by atoms with Gasteiger partial charge in [0, 0.05) is 31.8 Å². The molecule has 2 aliphatic rings. The minimum atomic E-state index is -3.60. The molecule has 5 aromatic rings. The highest BCUT2D eigenvalue weighted by Crippen LogP contribution is 2.55. The minimum absolute atomic E-state index is 0.323. The Bertz CT molecular complexity index is 1630. The highest BCUT2D eigenvalue weighted by Gasteiger charge is 2.48. The van der Waals surface area contributed by atoms with Gasteiger partial charge in [0.15, 0.2) is 14.3 Å². The third-order valence-corrected chi connectivity index (χ3v) is 15.1. The molecule has 0 bridgehead atoms. The van der Waals surface area contributed by atoms with E-state index in [1.807, 2.05) is 135 Å². The number of benzene rings is 5. The van der Waals surface area contributed by atoms with Crippen molar-refractivity contribution in [2.24, 2.45) is 0 Å². The molecule has 0 fully saturated rings. The normalized spacial score (nSPS) is 18.0. The van der Waals surface area contributed by atoms with Crippen LogP contribution in [0.25, 0.3) is 0 Å². The zero-order valence-corrected chi connectivity index (χ0v) is 25.4. The van der Waals surface area contributed by atoms with Gasteiger partial charge in [0.1, 0.15) is 0 Å². The van der Waals surface area contributed by atoms with Crippen LogP contribution in [-0.4, -0.2) is 0 Å². The summed E-state index contributed by atoms with van der Waals surface area (Å²) in [6.45, 7) is 4.85. The van der Waals surface area contributed by atoms with Crippen molar-refractivity contribution in [2.45, 2.75) is 39.3 Å². The molecule has 210 valence electrons. The maximum absolute atomic E-state index is 16.3. The van der Waals surface area contributed by atoms with Gasteiger partial charge in [-0.25, -0.2) is 0 Å². The average molecular weight is 591 g/mol. The molecule has 0 spiro atoms. The van der Waals surface area contributed by atoms with Crippen LogP contribution in [0.3, 0.4) is 0 Å². The Morgan fingerprint density at radius 1 is 0.476 bits per heavy atom. The van der Waals surface area contributed by atoms with Crippen molar-refractivity contribution in [3.63, 3.8) is 0 Å². The highest BCUT2D eigenvalue weighted by atomic mass is 31.2. The van der Waals surface area contributed by atoms with Crippen LogP contribution in [0, 0.1) is 0 Å². The summed E-state index contributed by atoms with van der Waals surface area (Å²) in [7, 11) is -7.19. The second-order valence-electron chi connectivity index (χ2n) is 10.9. The fraction of sp³-hybridized carbons (Fsp3) is 0.167. The van der Waals surface area contributed by atoms with Gasteiger partial charge in [-0.15, -0.1) is 0 Å². The van der Waals surface area contributed by atoms with Crippen molar-refractivity contribution in [3.05, 3.63) is 144 Å². The predicted molar refractivity (Wildman–Crippen MR) is 172 cm³/mol. The van der Waals surface area contributed by atoms with Crippen LogP contribution in [0.1, 0.15) is 48.3 Å². The molecule has 6 heteroatoms. The largest absolute Gasteiger partial charge is 0.369 e. The van der Waals surface area contributed by atoms with Gasteiger partial charge in [0.05, 0.1) is 25.4 Å². The van der Waals surface area contributed by atoms with Crippen LogP contribution in [-0.2, 0) is 31.8 Å². The van der Waals surface area contributed by atoms with E-state index in [0.29, 0.717) is 45.0 Å². The summed E-state index contributed by atoms with van der Waals surface area (Å²) in [5.41, 5.74) is 3.84. The van der Waals surface area contributed by atoms with Gasteiger partial charge in [-0.3, -0.25) is 0 Å². The minimum Gasteiger partial charge on any atom is -0.369 e. The SMILES string of the molecule is CC1OCc2c3c(c(P(=O)(c4ccccc4)c4ccccc4)c(P(=O)(c4ccccc4)c4ccccc4)c21)C(C)OC3. The van der Waals surface area contributed by atoms with Crippen molar-refractivity contribution >= 4 is 46.1 Å². The summed E-state index contributed by atoms with van der Waals surface area (Å²) in [5, 5.41) is 4.12. The van der Waals surface area contributed by atoms with Crippen LogP contribution < -0.4 is 31.8 Å². The zero-order valence-electron chi connectivity index (χ0n) is 23.6. The fourth-order valence-corrected chi connectivity index (χ4v) is 13.7. The molecule has 0 N–H and O–H groups in total. The molecule has 0 radical (unpaired) electrons. The number of rotatable bonds is 6. The number of hydrogen-bond acceptors (Lipinski definition) is 4. The lowest BCUT2D eigenvalue weighted by Gasteiger charge is -2.32. The average Bonchev–Trinajstić information content (AvgIpc) is 3.63. The van der Waals surface area contributed by atoms with Gasteiger partial charge in [-0.2, -0.15) is 0 Å². The van der Waals surface area contributed by atoms with E-state index in [2.05, 4.69) is 0 Å². The first-order valence-electron chi connectivity index (χ1n) is 14.3. The van der Waals surface area contributed by atoms with E-state index in [0.717, 1.165) is 22.3 Å². The second kappa shape index (κ2) is 10.6. The zero-order chi connectivity index (χ0) is 28.9. The molecule has 2 atom stereocenters. The molecule has 0 amide bonds. The molecular weight excluding hydrogens is 558 g/mol. The Kier molecular flexibility index (Phi) is 6.92. The topological polar surface area (TPSA) is 52.6 Å². The standard InChI is InChI=1S/C36H32O4P2/c1-25-33-31(23-39-25)32-24-40-26(2)34(32)36(42(38,29-19-11-5-12-20-29)30-21-13-6-14-22-30)35(33)41(37,27-15-7-3-8-16-27)28-17-9-4-10-18-28/h3-22,25-26H,23-24H2,1-2H3. The van der Waals surface area contributed by atoms with Crippen molar-refractivity contribution in [1.82, 2.24) is 0 Å². The van der Waals surface area contributed by atoms with Crippen LogP contribution >= 0.6 is 14.3 Å². The van der Waals surface area contributed by atoms with E-state index in [1.54, 1.807) is 0 Å². The lowest BCUT2D eigenvalue weighted by Crippen LogP contribution is -2.43. The van der Waals surface area contributed by atoms with Gasteiger partial charge in [0.2, 0.25) is 0 Å². The van der Waals surface area contributed by atoms with Gasteiger partial charge in [-0.1, -0.05) is 121 Å². The van der Waals surface area contributed by atoms with Crippen molar-refractivity contribution in [2.75, 3.05) is 0 Å². The molecular formula is C36H32O4P2. The molecule has 5 aromatic carbocycles. The lowest BCUT2D eigenvalue weighted by atomic mass is 9.95. The monoisotopic (exact) mass is 590 g/mol. The molecule has 0 aromatic heterocycles. The first-order valence-corrected chi connectivity index (χ1v) is 17.8. The molecule has 0 saturated heterocycles. The third-order valence-electron chi connectivity index (χ3n) is 8.63. The van der Waals surface area contributed by atoms with Crippen LogP contribution in [0.5, 0.6) is 0 Å². The summed E-state index contributed by atoms with van der Waals surface area (Å²) in [4.78, 5) is 0. The summed E-state index contributed by atoms with van der Waals surface area (Å²) in [6.07, 6.45) is -0.647. The van der Waals surface area contributed by atoms with Gasteiger partial charge in [-0.05, 0) is 36.1 Å². The quantitative estimate of drug-likeness (QED) is 0.223. The summed E-state index contributed by atoms with van der Waals surface area (Å²) < 4.78 is 45.3. The van der Waals surface area contributed by atoms with Crippen molar-refractivity contribution < 1.29 is 18.6 Å². The van der Waals surface area contributed by atoms with E-state index >= 15 is 9.13 Å². The highest BCUT2D eigenvalue weighted by molar-refractivity contribution is 7.91. The summed E-state index contributed by atoms with van der Waals surface area (Å²) >= 11 is 0. The Labute approximate surface area is 247 Å². The van der Waals surface area contributed by atoms with Crippen molar-refractivity contribution in [1.29, 1.82) is 0 Å². The molecule has 0 saturated carbocycles. The van der Waals surface area contributed by atoms with Crippen LogP contribution in [0.2, 0.25) is 0 Å². The molecule has 2 unspecified atom stereocenters. The second-order valence-corrected chi connectivity index (χ2v) is 16.3. The number of hydrogen-bond donors (Lipinski definition) is 0. The smallest absolute Gasteiger partial charge is 0.172 e. The first-order chi connectivity index (χ1) is 20.5. The number of ether oxygens (including phenoxy) is 2. The number of fused-ring (bicyclic) bond motifs is 3. The van der Waals surface area contributed by atoms with E-state index in [1.165, 1.54) is 0 Å². The van der Waals surface area contributed by atoms with E-state index in [-0.39, 0.29) is 12.2 Å². The third kappa shape index (κ3) is 4.05. The van der Waals surface area contributed by atoms with Gasteiger partial charge < -0.3 is 18.6 Å². The Balaban J connectivity index is 1.74. The van der Waals surface area contributed by atoms with E-state index < -0.39 is 14.3 Å². The first kappa shape index (κ1) is 27.3.